The van der Waals surface area contributed by atoms with Gasteiger partial charge in [-0.05, 0) is 31.7 Å². The largest absolute Gasteiger partial charge is 0.357 e. The van der Waals surface area contributed by atoms with Crippen LogP contribution < -0.4 is 16.0 Å². The Balaban J connectivity index is 1.84. The lowest BCUT2D eigenvalue weighted by molar-refractivity contribution is -0.120. The Morgan fingerprint density at radius 1 is 1.08 bits per heavy atom. The van der Waals surface area contributed by atoms with Crippen molar-refractivity contribution in [2.75, 3.05) is 26.2 Å². The van der Waals surface area contributed by atoms with Crippen LogP contribution in [-0.2, 0) is 10.2 Å². The van der Waals surface area contributed by atoms with Crippen molar-refractivity contribution in [1.29, 1.82) is 0 Å². The molecule has 1 aromatic carbocycles. The Hall–Kier alpha value is -2.04. The van der Waals surface area contributed by atoms with E-state index >= 15 is 0 Å². The second-order valence-corrected chi connectivity index (χ2v) is 6.37. The lowest BCUT2D eigenvalue weighted by Crippen LogP contribution is -2.40. The predicted octanol–water partition coefficient (Wildman–Crippen LogP) is 2.19. The van der Waals surface area contributed by atoms with Crippen molar-refractivity contribution in [2.24, 2.45) is 4.99 Å². The van der Waals surface area contributed by atoms with Crippen LogP contribution in [0.1, 0.15) is 45.1 Å². The van der Waals surface area contributed by atoms with Gasteiger partial charge in [0.05, 0.1) is 6.54 Å². The minimum atomic E-state index is 0.0862. The zero-order valence-corrected chi connectivity index (χ0v) is 14.9. The first-order valence-electron chi connectivity index (χ1n) is 9.04. The van der Waals surface area contributed by atoms with Crippen molar-refractivity contribution in [3.05, 3.63) is 35.9 Å². The van der Waals surface area contributed by atoms with Gasteiger partial charge in [0.2, 0.25) is 5.91 Å². The highest BCUT2D eigenvalue weighted by atomic mass is 16.1. The zero-order valence-electron chi connectivity index (χ0n) is 14.9. The van der Waals surface area contributed by atoms with Crippen LogP contribution in [-0.4, -0.2) is 38.0 Å². The van der Waals surface area contributed by atoms with Gasteiger partial charge < -0.3 is 16.0 Å². The fraction of sp³-hybridized carbons (Fsp3) is 0.579. The van der Waals surface area contributed by atoms with Crippen molar-refractivity contribution in [1.82, 2.24) is 16.0 Å². The molecule has 0 aliphatic heterocycles. The van der Waals surface area contributed by atoms with Crippen LogP contribution in [0.15, 0.2) is 35.3 Å². The smallest absolute Gasteiger partial charge is 0.221 e. The minimum Gasteiger partial charge on any atom is -0.357 e. The molecule has 0 unspecified atom stereocenters. The summed E-state index contributed by atoms with van der Waals surface area (Å²) < 4.78 is 0. The number of guanidine groups is 1. The van der Waals surface area contributed by atoms with Crippen molar-refractivity contribution in [2.45, 2.75) is 44.9 Å². The molecule has 1 saturated carbocycles. The number of hydrogen-bond donors (Lipinski definition) is 3. The number of nitrogens with zero attached hydrogens (tertiary/aromatic N) is 1. The van der Waals surface area contributed by atoms with Crippen LogP contribution in [0.3, 0.4) is 0 Å². The van der Waals surface area contributed by atoms with E-state index < -0.39 is 0 Å². The first kappa shape index (κ1) is 18.3. The molecule has 5 nitrogen and oxygen atoms in total. The molecule has 0 heterocycles. The van der Waals surface area contributed by atoms with Gasteiger partial charge in [-0.1, -0.05) is 37.3 Å². The molecule has 0 aromatic heterocycles. The van der Waals surface area contributed by atoms with E-state index in [1.54, 1.807) is 0 Å². The summed E-state index contributed by atoms with van der Waals surface area (Å²) in [6.45, 7) is 7.04. The molecule has 1 aliphatic rings. The maximum Gasteiger partial charge on any atom is 0.221 e. The fourth-order valence-electron chi connectivity index (χ4n) is 2.70. The van der Waals surface area contributed by atoms with E-state index in [2.05, 4.69) is 60.1 Å². The van der Waals surface area contributed by atoms with Crippen LogP contribution in [0.4, 0.5) is 0 Å². The third-order valence-corrected chi connectivity index (χ3v) is 4.34. The molecular formula is C19H30N4O. The number of hydrogen-bond acceptors (Lipinski definition) is 2. The zero-order chi connectivity index (χ0) is 17.3. The predicted molar refractivity (Wildman–Crippen MR) is 99.3 cm³/mol. The summed E-state index contributed by atoms with van der Waals surface area (Å²) in [7, 11) is 0. The summed E-state index contributed by atoms with van der Waals surface area (Å²) in [6.07, 6.45) is 3.82. The summed E-state index contributed by atoms with van der Waals surface area (Å²) in [5.74, 6) is 0.881. The lowest BCUT2D eigenvalue weighted by atomic mass is 9.96. The van der Waals surface area contributed by atoms with E-state index in [4.69, 9.17) is 4.99 Å². The van der Waals surface area contributed by atoms with E-state index in [1.807, 2.05) is 0 Å². The Bertz CT molecular complexity index is 538. The topological polar surface area (TPSA) is 65.5 Å². The second-order valence-electron chi connectivity index (χ2n) is 6.37. The normalized spacial score (nSPS) is 15.7. The van der Waals surface area contributed by atoms with Gasteiger partial charge >= 0.3 is 0 Å². The first-order valence-corrected chi connectivity index (χ1v) is 9.04. The van der Waals surface area contributed by atoms with Crippen LogP contribution in [0.25, 0.3) is 0 Å². The number of amides is 1. The SMILES string of the molecule is CCCNC(=O)CCNC(=NCC1(c2ccccc2)CC1)NCC. The molecule has 3 N–H and O–H groups in total. The highest BCUT2D eigenvalue weighted by Gasteiger charge is 2.43. The molecule has 0 atom stereocenters. The minimum absolute atomic E-state index is 0.0862. The molecule has 1 amide bonds. The number of nitrogens with one attached hydrogen (secondary N) is 3. The third kappa shape index (κ3) is 5.55. The van der Waals surface area contributed by atoms with Gasteiger partial charge in [0.25, 0.3) is 0 Å². The number of benzene rings is 1. The highest BCUT2D eigenvalue weighted by molar-refractivity contribution is 5.81. The Morgan fingerprint density at radius 3 is 2.46 bits per heavy atom. The Kier molecular flexibility index (Phi) is 7.09. The summed E-state index contributed by atoms with van der Waals surface area (Å²) in [5.41, 5.74) is 1.59. The van der Waals surface area contributed by atoms with Crippen LogP contribution >= 0.6 is 0 Å². The fourth-order valence-corrected chi connectivity index (χ4v) is 2.70. The molecule has 1 aromatic rings. The van der Waals surface area contributed by atoms with Gasteiger partial charge in [0.1, 0.15) is 0 Å². The number of rotatable bonds is 9. The standard InChI is InChI=1S/C19H30N4O/c1-3-13-21-17(24)10-14-22-18(20-4-2)23-15-19(11-12-19)16-8-6-5-7-9-16/h5-9H,3-4,10-15H2,1-2H3,(H,21,24)(H2,20,22,23). The van der Waals surface area contributed by atoms with Crippen molar-refractivity contribution >= 4 is 11.9 Å². The quantitative estimate of drug-likeness (QED) is 0.480. The molecule has 1 aliphatic carbocycles. The average molecular weight is 330 g/mol. The molecule has 1 fully saturated rings. The summed E-state index contributed by atoms with van der Waals surface area (Å²) in [5, 5.41) is 9.40. The highest BCUT2D eigenvalue weighted by Crippen LogP contribution is 2.48. The summed E-state index contributed by atoms with van der Waals surface area (Å²) in [4.78, 5) is 16.4. The number of carbonyl (C=O) groups excluding carboxylic acids is 1. The molecule has 132 valence electrons. The Morgan fingerprint density at radius 2 is 1.83 bits per heavy atom. The Labute approximate surface area is 145 Å². The molecule has 5 heteroatoms. The molecular weight excluding hydrogens is 300 g/mol. The van der Waals surface area contributed by atoms with Crippen molar-refractivity contribution in [3.63, 3.8) is 0 Å². The second kappa shape index (κ2) is 9.30. The van der Waals surface area contributed by atoms with Crippen molar-refractivity contribution < 1.29 is 4.79 Å². The molecule has 2 rings (SSSR count). The van der Waals surface area contributed by atoms with Crippen LogP contribution in [0.2, 0.25) is 0 Å². The van der Waals surface area contributed by atoms with Crippen molar-refractivity contribution in [3.8, 4) is 0 Å². The maximum absolute atomic E-state index is 11.6. The number of aliphatic imine (C=N–C) groups is 1. The molecule has 0 radical (unpaired) electrons. The third-order valence-electron chi connectivity index (χ3n) is 4.34. The molecule has 0 saturated heterocycles. The summed E-state index contributed by atoms with van der Waals surface area (Å²) in [6, 6.07) is 10.6. The van der Waals surface area contributed by atoms with Gasteiger partial charge in [-0.15, -0.1) is 0 Å². The van der Waals surface area contributed by atoms with E-state index in [9.17, 15) is 4.79 Å². The van der Waals surface area contributed by atoms with Gasteiger partial charge in [0.15, 0.2) is 5.96 Å². The molecule has 0 bridgehead atoms. The van der Waals surface area contributed by atoms with E-state index in [0.29, 0.717) is 13.0 Å². The van der Waals surface area contributed by atoms with E-state index in [-0.39, 0.29) is 11.3 Å². The van der Waals surface area contributed by atoms with Crippen LogP contribution in [0.5, 0.6) is 0 Å². The molecule has 24 heavy (non-hydrogen) atoms. The monoisotopic (exact) mass is 330 g/mol. The van der Waals surface area contributed by atoms with Gasteiger partial charge in [-0.2, -0.15) is 0 Å². The van der Waals surface area contributed by atoms with Gasteiger partial charge in [-0.25, -0.2) is 0 Å². The summed E-state index contributed by atoms with van der Waals surface area (Å²) >= 11 is 0. The van der Waals surface area contributed by atoms with Crippen LogP contribution in [0, 0.1) is 0 Å². The first-order chi connectivity index (χ1) is 11.7. The van der Waals surface area contributed by atoms with E-state index in [1.165, 1.54) is 18.4 Å². The van der Waals surface area contributed by atoms with Gasteiger partial charge in [0, 0.05) is 31.5 Å². The van der Waals surface area contributed by atoms with E-state index in [0.717, 1.165) is 32.0 Å². The maximum atomic E-state index is 11.6. The average Bonchev–Trinajstić information content (AvgIpc) is 3.40. The molecule has 0 spiro atoms. The van der Waals surface area contributed by atoms with Gasteiger partial charge in [-0.3, -0.25) is 9.79 Å². The number of carbonyl (C=O) groups is 1. The lowest BCUT2D eigenvalue weighted by Gasteiger charge is -2.16.